The predicted molar refractivity (Wildman–Crippen MR) is 67.7 cm³/mol. The fourth-order valence-corrected chi connectivity index (χ4v) is 2.29. The standard InChI is InChI=1S/C11H20N4.ClH/c1-9-10(7-13-14(9)2)8-15-5-3-4-11(15)6-12;/h7,11H,3-6,8,12H2,1-2H3;1H. The van der Waals surface area contributed by atoms with Gasteiger partial charge in [-0.2, -0.15) is 5.10 Å². The first kappa shape index (κ1) is 13.5. The summed E-state index contributed by atoms with van der Waals surface area (Å²) in [7, 11) is 1.99. The van der Waals surface area contributed by atoms with E-state index in [0.29, 0.717) is 6.04 Å². The second kappa shape index (κ2) is 5.66. The zero-order valence-electron chi connectivity index (χ0n) is 10.0. The number of nitrogens with two attached hydrogens (primary N) is 1. The highest BCUT2D eigenvalue weighted by molar-refractivity contribution is 5.85. The molecule has 1 atom stereocenters. The summed E-state index contributed by atoms with van der Waals surface area (Å²) in [6.45, 7) is 5.08. The third kappa shape index (κ3) is 2.56. The minimum atomic E-state index is 0. The number of nitrogens with zero attached hydrogens (tertiary/aromatic N) is 3. The second-order valence-corrected chi connectivity index (χ2v) is 4.38. The van der Waals surface area contributed by atoms with Gasteiger partial charge in [0.15, 0.2) is 0 Å². The maximum atomic E-state index is 5.76. The van der Waals surface area contributed by atoms with Crippen LogP contribution in [0.15, 0.2) is 6.20 Å². The fourth-order valence-electron chi connectivity index (χ4n) is 2.29. The van der Waals surface area contributed by atoms with Crippen molar-refractivity contribution >= 4 is 12.4 Å². The second-order valence-electron chi connectivity index (χ2n) is 4.38. The lowest BCUT2D eigenvalue weighted by atomic mass is 10.2. The molecule has 0 aliphatic carbocycles. The van der Waals surface area contributed by atoms with Crippen LogP contribution in [0.5, 0.6) is 0 Å². The van der Waals surface area contributed by atoms with Crippen LogP contribution in [0.4, 0.5) is 0 Å². The topological polar surface area (TPSA) is 47.1 Å². The Kier molecular flexibility index (Phi) is 4.77. The van der Waals surface area contributed by atoms with Crippen LogP contribution in [0.1, 0.15) is 24.1 Å². The summed E-state index contributed by atoms with van der Waals surface area (Å²) in [5, 5.41) is 4.27. The average Bonchev–Trinajstić information content (AvgIpc) is 2.80. The first-order valence-corrected chi connectivity index (χ1v) is 5.64. The Hall–Kier alpha value is -0.580. The van der Waals surface area contributed by atoms with Crippen molar-refractivity contribution in [2.24, 2.45) is 12.8 Å². The van der Waals surface area contributed by atoms with Gasteiger partial charge in [0.05, 0.1) is 6.20 Å². The molecule has 1 aliphatic rings. The maximum Gasteiger partial charge on any atom is 0.0537 e. The van der Waals surface area contributed by atoms with Crippen molar-refractivity contribution in [1.29, 1.82) is 0 Å². The van der Waals surface area contributed by atoms with E-state index in [1.165, 1.54) is 30.6 Å². The molecule has 1 aromatic heterocycles. The van der Waals surface area contributed by atoms with Crippen LogP contribution >= 0.6 is 12.4 Å². The van der Waals surface area contributed by atoms with Gasteiger partial charge in [0.1, 0.15) is 0 Å². The maximum absolute atomic E-state index is 5.76. The van der Waals surface area contributed by atoms with Gasteiger partial charge in [-0.15, -0.1) is 12.4 Å². The predicted octanol–water partition coefficient (Wildman–Crippen LogP) is 1.07. The summed E-state index contributed by atoms with van der Waals surface area (Å²) >= 11 is 0. The number of likely N-dealkylation sites (tertiary alicyclic amines) is 1. The van der Waals surface area contributed by atoms with Gasteiger partial charge in [-0.3, -0.25) is 9.58 Å². The van der Waals surface area contributed by atoms with E-state index in [-0.39, 0.29) is 12.4 Å². The fraction of sp³-hybridized carbons (Fsp3) is 0.727. The highest BCUT2D eigenvalue weighted by Crippen LogP contribution is 2.20. The number of hydrogen-bond donors (Lipinski definition) is 1. The van der Waals surface area contributed by atoms with Crippen LogP contribution in [0.3, 0.4) is 0 Å². The molecular formula is C11H21ClN4. The summed E-state index contributed by atoms with van der Waals surface area (Å²) in [5.74, 6) is 0. The zero-order valence-corrected chi connectivity index (χ0v) is 10.8. The molecule has 1 unspecified atom stereocenters. The van der Waals surface area contributed by atoms with E-state index in [1.807, 2.05) is 17.9 Å². The van der Waals surface area contributed by atoms with Gasteiger partial charge >= 0.3 is 0 Å². The van der Waals surface area contributed by atoms with E-state index in [0.717, 1.165) is 13.1 Å². The van der Waals surface area contributed by atoms with E-state index < -0.39 is 0 Å². The normalized spacial score (nSPS) is 21.1. The van der Waals surface area contributed by atoms with Gasteiger partial charge in [0.25, 0.3) is 0 Å². The SMILES string of the molecule is Cc1c(CN2CCCC2CN)cnn1C.Cl. The van der Waals surface area contributed by atoms with Crippen molar-refractivity contribution in [1.82, 2.24) is 14.7 Å². The van der Waals surface area contributed by atoms with Crippen LogP contribution < -0.4 is 5.73 Å². The molecule has 1 fully saturated rings. The van der Waals surface area contributed by atoms with Crippen molar-refractivity contribution in [2.75, 3.05) is 13.1 Å². The van der Waals surface area contributed by atoms with Gasteiger partial charge < -0.3 is 5.73 Å². The van der Waals surface area contributed by atoms with Crippen LogP contribution in [0.2, 0.25) is 0 Å². The van der Waals surface area contributed by atoms with Gasteiger partial charge in [0, 0.05) is 37.4 Å². The molecule has 2 heterocycles. The van der Waals surface area contributed by atoms with Crippen molar-refractivity contribution in [2.45, 2.75) is 32.4 Å². The molecule has 0 aromatic carbocycles. The summed E-state index contributed by atoms with van der Waals surface area (Å²) in [5.41, 5.74) is 8.35. The van der Waals surface area contributed by atoms with Gasteiger partial charge in [-0.1, -0.05) is 0 Å². The van der Waals surface area contributed by atoms with Crippen molar-refractivity contribution in [3.63, 3.8) is 0 Å². The minimum Gasteiger partial charge on any atom is -0.329 e. The molecule has 1 saturated heterocycles. The summed E-state index contributed by atoms with van der Waals surface area (Å²) < 4.78 is 1.93. The molecule has 5 heteroatoms. The monoisotopic (exact) mass is 244 g/mol. The molecule has 1 aromatic rings. The van der Waals surface area contributed by atoms with Crippen LogP contribution in [0.25, 0.3) is 0 Å². The lowest BCUT2D eigenvalue weighted by Crippen LogP contribution is -2.34. The van der Waals surface area contributed by atoms with E-state index in [9.17, 15) is 0 Å². The number of aryl methyl sites for hydroxylation is 1. The van der Waals surface area contributed by atoms with Gasteiger partial charge in [0.2, 0.25) is 0 Å². The Bertz CT molecular complexity index is 337. The van der Waals surface area contributed by atoms with Gasteiger partial charge in [-0.25, -0.2) is 0 Å². The Morgan fingerprint density at radius 1 is 1.56 bits per heavy atom. The molecule has 0 bridgehead atoms. The number of halogens is 1. The smallest absolute Gasteiger partial charge is 0.0537 e. The zero-order chi connectivity index (χ0) is 10.8. The molecule has 2 rings (SSSR count). The molecule has 4 nitrogen and oxygen atoms in total. The van der Waals surface area contributed by atoms with Crippen molar-refractivity contribution in [3.8, 4) is 0 Å². The van der Waals surface area contributed by atoms with Crippen LogP contribution in [0, 0.1) is 6.92 Å². The highest BCUT2D eigenvalue weighted by atomic mass is 35.5. The van der Waals surface area contributed by atoms with Crippen LogP contribution in [-0.2, 0) is 13.6 Å². The van der Waals surface area contributed by atoms with E-state index in [1.54, 1.807) is 0 Å². The van der Waals surface area contributed by atoms with E-state index in [2.05, 4.69) is 16.9 Å². The molecule has 0 saturated carbocycles. The molecule has 0 amide bonds. The Morgan fingerprint density at radius 2 is 2.31 bits per heavy atom. The molecule has 2 N–H and O–H groups in total. The number of aromatic nitrogens is 2. The summed E-state index contributed by atoms with van der Waals surface area (Å²) in [4.78, 5) is 2.48. The Balaban J connectivity index is 0.00000128. The van der Waals surface area contributed by atoms with Gasteiger partial charge in [-0.05, 0) is 26.3 Å². The molecule has 92 valence electrons. The number of hydrogen-bond acceptors (Lipinski definition) is 3. The minimum absolute atomic E-state index is 0. The van der Waals surface area contributed by atoms with Crippen molar-refractivity contribution in [3.05, 3.63) is 17.5 Å². The summed E-state index contributed by atoms with van der Waals surface area (Å²) in [6.07, 6.45) is 4.50. The molecular weight excluding hydrogens is 224 g/mol. The first-order chi connectivity index (χ1) is 7.22. The highest BCUT2D eigenvalue weighted by Gasteiger charge is 2.23. The first-order valence-electron chi connectivity index (χ1n) is 5.64. The van der Waals surface area contributed by atoms with E-state index >= 15 is 0 Å². The molecule has 0 spiro atoms. The Labute approximate surface area is 103 Å². The largest absolute Gasteiger partial charge is 0.329 e. The summed E-state index contributed by atoms with van der Waals surface area (Å²) in [6, 6.07) is 0.574. The average molecular weight is 245 g/mol. The third-order valence-electron chi connectivity index (χ3n) is 3.48. The molecule has 0 radical (unpaired) electrons. The molecule has 1 aliphatic heterocycles. The third-order valence-corrected chi connectivity index (χ3v) is 3.48. The van der Waals surface area contributed by atoms with E-state index in [4.69, 9.17) is 5.73 Å². The lowest BCUT2D eigenvalue weighted by molar-refractivity contribution is 0.249. The quantitative estimate of drug-likeness (QED) is 0.866. The lowest BCUT2D eigenvalue weighted by Gasteiger charge is -2.22. The van der Waals surface area contributed by atoms with Crippen LogP contribution in [-0.4, -0.2) is 33.8 Å². The Morgan fingerprint density at radius 3 is 2.88 bits per heavy atom. The number of rotatable bonds is 3. The van der Waals surface area contributed by atoms with Crippen molar-refractivity contribution < 1.29 is 0 Å². The molecule has 16 heavy (non-hydrogen) atoms.